The van der Waals surface area contributed by atoms with E-state index in [1.165, 1.54) is 4.88 Å². The average Bonchev–Trinajstić information content (AvgIpc) is 2.39. The Balaban J connectivity index is 2.73. The number of ether oxygens (including phenoxy) is 1. The van der Waals surface area contributed by atoms with E-state index in [2.05, 4.69) is 21.2 Å². The summed E-state index contributed by atoms with van der Waals surface area (Å²) in [6.07, 6.45) is 0.0197. The van der Waals surface area contributed by atoms with Crippen LogP contribution in [0.1, 0.15) is 11.1 Å². The molecule has 0 saturated carbocycles. The van der Waals surface area contributed by atoms with E-state index in [4.69, 9.17) is 4.74 Å². The Morgan fingerprint density at radius 2 is 2.36 bits per heavy atom. The quantitative estimate of drug-likeness (QED) is 0.813. The van der Waals surface area contributed by atoms with Gasteiger partial charge >= 0.3 is 0 Å². The SMILES string of the molecule is CNC(OC)c1ccc(Br)s1. The van der Waals surface area contributed by atoms with Crippen molar-refractivity contribution in [3.8, 4) is 0 Å². The summed E-state index contributed by atoms with van der Waals surface area (Å²) < 4.78 is 6.31. The van der Waals surface area contributed by atoms with Crippen LogP contribution in [0.2, 0.25) is 0 Å². The number of thiophene rings is 1. The Hall–Kier alpha value is 0.1000. The van der Waals surface area contributed by atoms with Crippen LogP contribution in [0.5, 0.6) is 0 Å². The molecule has 0 fully saturated rings. The van der Waals surface area contributed by atoms with E-state index >= 15 is 0 Å². The predicted molar refractivity (Wildman–Crippen MR) is 50.8 cm³/mol. The summed E-state index contributed by atoms with van der Waals surface area (Å²) in [6.45, 7) is 0. The number of methoxy groups -OCH3 is 1. The van der Waals surface area contributed by atoms with Gasteiger partial charge in [-0.15, -0.1) is 11.3 Å². The molecule has 62 valence electrons. The second-order valence-electron chi connectivity index (χ2n) is 2.05. The van der Waals surface area contributed by atoms with Crippen LogP contribution in [-0.4, -0.2) is 14.2 Å². The van der Waals surface area contributed by atoms with Crippen molar-refractivity contribution in [1.29, 1.82) is 0 Å². The van der Waals surface area contributed by atoms with Crippen LogP contribution in [-0.2, 0) is 4.74 Å². The minimum Gasteiger partial charge on any atom is -0.361 e. The van der Waals surface area contributed by atoms with Gasteiger partial charge in [0.15, 0.2) is 0 Å². The Bertz CT molecular complexity index is 222. The fourth-order valence-corrected chi connectivity index (χ4v) is 2.36. The molecule has 0 aliphatic rings. The summed E-state index contributed by atoms with van der Waals surface area (Å²) in [5.41, 5.74) is 0. The first-order valence-electron chi connectivity index (χ1n) is 3.23. The van der Waals surface area contributed by atoms with Crippen molar-refractivity contribution < 1.29 is 4.74 Å². The Kier molecular flexibility index (Phi) is 3.51. The molecule has 11 heavy (non-hydrogen) atoms. The van der Waals surface area contributed by atoms with Crippen LogP contribution >= 0.6 is 27.3 Å². The molecule has 1 aromatic heterocycles. The van der Waals surface area contributed by atoms with Gasteiger partial charge in [0.2, 0.25) is 0 Å². The summed E-state index contributed by atoms with van der Waals surface area (Å²) in [5.74, 6) is 0. The second kappa shape index (κ2) is 4.21. The molecule has 1 rings (SSSR count). The van der Waals surface area contributed by atoms with Gasteiger partial charge < -0.3 is 4.74 Å². The molecular formula is C7H10BrNOS. The number of hydrogen-bond acceptors (Lipinski definition) is 3. The standard InChI is InChI=1S/C7H10BrNOS/c1-9-7(10-2)5-3-4-6(8)11-5/h3-4,7,9H,1-2H3. The third-order valence-corrected chi connectivity index (χ3v) is 3.02. The van der Waals surface area contributed by atoms with E-state index in [9.17, 15) is 0 Å². The van der Waals surface area contributed by atoms with Gasteiger partial charge in [-0.2, -0.15) is 0 Å². The minimum absolute atomic E-state index is 0.0197. The van der Waals surface area contributed by atoms with Gasteiger partial charge in [-0.05, 0) is 35.1 Å². The zero-order valence-corrected chi connectivity index (χ0v) is 8.83. The van der Waals surface area contributed by atoms with Crippen LogP contribution < -0.4 is 5.32 Å². The number of rotatable bonds is 3. The summed E-state index contributed by atoms with van der Waals surface area (Å²) in [6, 6.07) is 4.06. The second-order valence-corrected chi connectivity index (χ2v) is 4.54. The summed E-state index contributed by atoms with van der Waals surface area (Å²) in [5, 5.41) is 3.05. The fourth-order valence-electron chi connectivity index (χ4n) is 0.845. The average molecular weight is 236 g/mol. The molecule has 0 amide bonds. The maximum absolute atomic E-state index is 5.18. The van der Waals surface area contributed by atoms with Crippen molar-refractivity contribution in [3.05, 3.63) is 20.8 Å². The van der Waals surface area contributed by atoms with Crippen LogP contribution in [0.3, 0.4) is 0 Å². The molecule has 0 radical (unpaired) electrons. The highest BCUT2D eigenvalue weighted by Crippen LogP contribution is 2.27. The molecule has 0 spiro atoms. The van der Waals surface area contributed by atoms with E-state index in [0.29, 0.717) is 0 Å². The van der Waals surface area contributed by atoms with E-state index in [0.717, 1.165) is 3.79 Å². The van der Waals surface area contributed by atoms with E-state index in [-0.39, 0.29) is 6.23 Å². The van der Waals surface area contributed by atoms with Crippen molar-refractivity contribution in [1.82, 2.24) is 5.32 Å². The first kappa shape index (κ1) is 9.19. The van der Waals surface area contributed by atoms with Crippen molar-refractivity contribution in [2.75, 3.05) is 14.2 Å². The highest BCUT2D eigenvalue weighted by molar-refractivity contribution is 9.11. The zero-order valence-electron chi connectivity index (χ0n) is 6.43. The largest absolute Gasteiger partial charge is 0.361 e. The van der Waals surface area contributed by atoms with Gasteiger partial charge in [-0.1, -0.05) is 0 Å². The Labute approximate surface area is 78.7 Å². The van der Waals surface area contributed by atoms with Crippen LogP contribution in [0, 0.1) is 0 Å². The van der Waals surface area contributed by atoms with E-state index in [1.54, 1.807) is 18.4 Å². The smallest absolute Gasteiger partial charge is 0.142 e. The highest BCUT2D eigenvalue weighted by atomic mass is 79.9. The van der Waals surface area contributed by atoms with Crippen LogP contribution in [0.15, 0.2) is 15.9 Å². The molecule has 1 atom stereocenters. The van der Waals surface area contributed by atoms with Gasteiger partial charge in [0.1, 0.15) is 6.23 Å². The van der Waals surface area contributed by atoms with Crippen molar-refractivity contribution in [2.24, 2.45) is 0 Å². The number of nitrogens with one attached hydrogen (secondary N) is 1. The van der Waals surface area contributed by atoms with Gasteiger partial charge in [0.25, 0.3) is 0 Å². The minimum atomic E-state index is 0.0197. The summed E-state index contributed by atoms with van der Waals surface area (Å²) >= 11 is 5.07. The molecule has 1 aromatic rings. The molecule has 1 unspecified atom stereocenters. The highest BCUT2D eigenvalue weighted by Gasteiger charge is 2.08. The molecule has 1 N–H and O–H groups in total. The lowest BCUT2D eigenvalue weighted by atomic mass is 10.4. The number of hydrogen-bond donors (Lipinski definition) is 1. The van der Waals surface area contributed by atoms with E-state index < -0.39 is 0 Å². The predicted octanol–water partition coefficient (Wildman–Crippen LogP) is 2.38. The molecule has 2 nitrogen and oxygen atoms in total. The molecule has 0 aliphatic heterocycles. The monoisotopic (exact) mass is 235 g/mol. The topological polar surface area (TPSA) is 21.3 Å². The van der Waals surface area contributed by atoms with Gasteiger partial charge in [0.05, 0.1) is 3.79 Å². The van der Waals surface area contributed by atoms with E-state index in [1.807, 2.05) is 19.2 Å². The van der Waals surface area contributed by atoms with Crippen molar-refractivity contribution >= 4 is 27.3 Å². The first-order valence-corrected chi connectivity index (χ1v) is 4.84. The van der Waals surface area contributed by atoms with Crippen molar-refractivity contribution in [2.45, 2.75) is 6.23 Å². The maximum atomic E-state index is 5.18. The van der Waals surface area contributed by atoms with Crippen molar-refractivity contribution in [3.63, 3.8) is 0 Å². The van der Waals surface area contributed by atoms with Crippen LogP contribution in [0.4, 0.5) is 0 Å². The fraction of sp³-hybridized carbons (Fsp3) is 0.429. The summed E-state index contributed by atoms with van der Waals surface area (Å²) in [7, 11) is 3.57. The lowest BCUT2D eigenvalue weighted by Crippen LogP contribution is -2.16. The Morgan fingerprint density at radius 1 is 1.64 bits per heavy atom. The lowest BCUT2D eigenvalue weighted by molar-refractivity contribution is 0.0838. The summed E-state index contributed by atoms with van der Waals surface area (Å²) in [4.78, 5) is 1.18. The molecule has 4 heteroatoms. The maximum Gasteiger partial charge on any atom is 0.142 e. The first-order chi connectivity index (χ1) is 5.27. The molecule has 0 saturated heterocycles. The zero-order chi connectivity index (χ0) is 8.27. The molecular weight excluding hydrogens is 226 g/mol. The Morgan fingerprint density at radius 3 is 2.73 bits per heavy atom. The van der Waals surface area contributed by atoms with Gasteiger partial charge in [-0.25, -0.2) is 0 Å². The molecule has 1 heterocycles. The lowest BCUT2D eigenvalue weighted by Gasteiger charge is -2.10. The van der Waals surface area contributed by atoms with Gasteiger partial charge in [-0.3, -0.25) is 5.32 Å². The van der Waals surface area contributed by atoms with Crippen LogP contribution in [0.25, 0.3) is 0 Å². The third-order valence-electron chi connectivity index (χ3n) is 1.35. The third kappa shape index (κ3) is 2.27. The molecule has 0 aliphatic carbocycles. The molecule has 0 bridgehead atoms. The van der Waals surface area contributed by atoms with Gasteiger partial charge in [0, 0.05) is 12.0 Å². The normalized spacial score (nSPS) is 13.4. The number of halogens is 1. The molecule has 0 aromatic carbocycles.